The molecule has 0 aliphatic heterocycles. The van der Waals surface area contributed by atoms with E-state index >= 15 is 0 Å². The molecule has 66 valence electrons. The number of anilines is 1. The summed E-state index contributed by atoms with van der Waals surface area (Å²) in [7, 11) is 0. The van der Waals surface area contributed by atoms with Crippen molar-refractivity contribution < 1.29 is 0 Å². The van der Waals surface area contributed by atoms with Gasteiger partial charge < -0.3 is 5.73 Å². The monoisotopic (exact) mass is 300 g/mol. The number of rotatable bonds is 0. The first-order chi connectivity index (χ1) is 6.16. The SMILES string of the molecule is Nc1cc2ccc(Br)cc2c(Br)n1. The molecule has 0 fully saturated rings. The molecule has 0 unspecified atom stereocenters. The molecule has 0 atom stereocenters. The van der Waals surface area contributed by atoms with E-state index in [1.807, 2.05) is 24.3 Å². The normalized spacial score (nSPS) is 10.6. The van der Waals surface area contributed by atoms with Gasteiger partial charge in [0.15, 0.2) is 0 Å². The highest BCUT2D eigenvalue weighted by Gasteiger charge is 2.01. The lowest BCUT2D eigenvalue weighted by Gasteiger charge is -2.02. The fraction of sp³-hybridized carbons (Fsp3) is 0. The minimum atomic E-state index is 0.529. The van der Waals surface area contributed by atoms with Crippen LogP contribution in [0.1, 0.15) is 0 Å². The second-order valence-electron chi connectivity index (χ2n) is 2.70. The van der Waals surface area contributed by atoms with Crippen LogP contribution in [0.5, 0.6) is 0 Å². The van der Waals surface area contributed by atoms with Gasteiger partial charge >= 0.3 is 0 Å². The van der Waals surface area contributed by atoms with Gasteiger partial charge in [0.05, 0.1) is 0 Å². The van der Waals surface area contributed by atoms with Gasteiger partial charge in [-0.1, -0.05) is 22.0 Å². The molecule has 0 amide bonds. The van der Waals surface area contributed by atoms with Crippen molar-refractivity contribution in [3.63, 3.8) is 0 Å². The highest BCUT2D eigenvalue weighted by atomic mass is 79.9. The van der Waals surface area contributed by atoms with E-state index in [0.29, 0.717) is 5.82 Å². The molecule has 0 saturated heterocycles. The van der Waals surface area contributed by atoms with E-state index in [1.165, 1.54) is 0 Å². The van der Waals surface area contributed by atoms with Crippen LogP contribution < -0.4 is 5.73 Å². The van der Waals surface area contributed by atoms with E-state index in [4.69, 9.17) is 5.73 Å². The fourth-order valence-corrected chi connectivity index (χ4v) is 2.11. The Bertz CT molecular complexity index is 468. The highest BCUT2D eigenvalue weighted by Crippen LogP contribution is 2.26. The molecule has 1 aromatic carbocycles. The minimum absolute atomic E-state index is 0.529. The fourth-order valence-electron chi connectivity index (χ4n) is 1.20. The van der Waals surface area contributed by atoms with E-state index in [1.54, 1.807) is 0 Å². The maximum atomic E-state index is 5.61. The topological polar surface area (TPSA) is 38.9 Å². The van der Waals surface area contributed by atoms with Gasteiger partial charge in [-0.15, -0.1) is 0 Å². The Kier molecular flexibility index (Phi) is 2.26. The Morgan fingerprint density at radius 2 is 1.92 bits per heavy atom. The van der Waals surface area contributed by atoms with Crippen molar-refractivity contribution in [1.29, 1.82) is 0 Å². The van der Waals surface area contributed by atoms with Crippen molar-refractivity contribution in [2.75, 3.05) is 5.73 Å². The van der Waals surface area contributed by atoms with Crippen molar-refractivity contribution in [2.24, 2.45) is 0 Å². The van der Waals surface area contributed by atoms with Crippen molar-refractivity contribution in [3.8, 4) is 0 Å². The lowest BCUT2D eigenvalue weighted by atomic mass is 10.2. The zero-order chi connectivity index (χ0) is 9.42. The minimum Gasteiger partial charge on any atom is -0.384 e. The van der Waals surface area contributed by atoms with Gasteiger partial charge in [-0.2, -0.15) is 0 Å². The number of hydrogen-bond acceptors (Lipinski definition) is 2. The molecular weight excluding hydrogens is 296 g/mol. The van der Waals surface area contributed by atoms with Crippen LogP contribution in [0, 0.1) is 0 Å². The number of halogens is 2. The molecule has 2 N–H and O–H groups in total. The van der Waals surface area contributed by atoms with Gasteiger partial charge in [0.2, 0.25) is 0 Å². The van der Waals surface area contributed by atoms with Crippen LogP contribution in [-0.4, -0.2) is 4.98 Å². The molecule has 2 nitrogen and oxygen atoms in total. The molecule has 2 aromatic rings. The van der Waals surface area contributed by atoms with Crippen molar-refractivity contribution in [1.82, 2.24) is 4.98 Å². The standard InChI is InChI=1S/C9H6Br2N2/c10-6-2-1-5-3-8(12)13-9(11)7(5)4-6/h1-4H,(H2,12,13). The number of benzene rings is 1. The van der Waals surface area contributed by atoms with Crippen LogP contribution in [0.2, 0.25) is 0 Å². The van der Waals surface area contributed by atoms with Gasteiger partial charge in [0.25, 0.3) is 0 Å². The predicted octanol–water partition coefficient (Wildman–Crippen LogP) is 3.34. The summed E-state index contributed by atoms with van der Waals surface area (Å²) in [5, 5.41) is 2.14. The van der Waals surface area contributed by atoms with Crippen LogP contribution in [0.4, 0.5) is 5.82 Å². The molecular formula is C9H6Br2N2. The van der Waals surface area contributed by atoms with Gasteiger partial charge in [0, 0.05) is 9.86 Å². The van der Waals surface area contributed by atoms with Gasteiger partial charge in [-0.3, -0.25) is 0 Å². The lowest BCUT2D eigenvalue weighted by molar-refractivity contribution is 1.32. The van der Waals surface area contributed by atoms with E-state index in [-0.39, 0.29) is 0 Å². The lowest BCUT2D eigenvalue weighted by Crippen LogP contribution is -1.90. The number of hydrogen-bond donors (Lipinski definition) is 1. The summed E-state index contributed by atoms with van der Waals surface area (Å²) in [5.41, 5.74) is 5.61. The maximum absolute atomic E-state index is 5.61. The zero-order valence-corrected chi connectivity index (χ0v) is 9.76. The number of pyridine rings is 1. The number of fused-ring (bicyclic) bond motifs is 1. The first-order valence-electron chi connectivity index (χ1n) is 3.68. The smallest absolute Gasteiger partial charge is 0.125 e. The third-order valence-electron chi connectivity index (χ3n) is 1.77. The van der Waals surface area contributed by atoms with Crippen molar-refractivity contribution >= 4 is 48.5 Å². The van der Waals surface area contributed by atoms with Gasteiger partial charge in [0.1, 0.15) is 10.4 Å². The second kappa shape index (κ2) is 3.27. The third-order valence-corrected chi connectivity index (χ3v) is 2.87. The zero-order valence-electron chi connectivity index (χ0n) is 6.59. The summed E-state index contributed by atoms with van der Waals surface area (Å²) in [6.45, 7) is 0. The summed E-state index contributed by atoms with van der Waals surface area (Å²) < 4.78 is 1.82. The molecule has 2 rings (SSSR count). The van der Waals surface area contributed by atoms with E-state index in [0.717, 1.165) is 19.8 Å². The number of aromatic nitrogens is 1. The molecule has 0 radical (unpaired) electrons. The maximum Gasteiger partial charge on any atom is 0.125 e. The molecule has 13 heavy (non-hydrogen) atoms. The average molecular weight is 302 g/mol. The Balaban J connectivity index is 2.87. The second-order valence-corrected chi connectivity index (χ2v) is 4.37. The number of nitrogens with zero attached hydrogens (tertiary/aromatic N) is 1. The largest absolute Gasteiger partial charge is 0.384 e. The number of nitrogen functional groups attached to an aromatic ring is 1. The summed E-state index contributed by atoms with van der Waals surface area (Å²) in [6.07, 6.45) is 0. The van der Waals surface area contributed by atoms with Gasteiger partial charge in [-0.05, 0) is 39.5 Å². The summed E-state index contributed by atoms with van der Waals surface area (Å²) in [6, 6.07) is 7.84. The molecule has 1 aromatic heterocycles. The molecule has 0 aliphatic rings. The van der Waals surface area contributed by atoms with E-state index < -0.39 is 0 Å². The molecule has 0 bridgehead atoms. The van der Waals surface area contributed by atoms with Crippen LogP contribution in [0.25, 0.3) is 10.8 Å². The quantitative estimate of drug-likeness (QED) is 0.758. The Morgan fingerprint density at radius 3 is 2.69 bits per heavy atom. The van der Waals surface area contributed by atoms with Crippen molar-refractivity contribution in [3.05, 3.63) is 33.3 Å². The molecule has 4 heteroatoms. The Morgan fingerprint density at radius 1 is 1.15 bits per heavy atom. The molecule has 0 aliphatic carbocycles. The first kappa shape index (κ1) is 8.97. The van der Waals surface area contributed by atoms with E-state index in [2.05, 4.69) is 36.8 Å². The van der Waals surface area contributed by atoms with Crippen LogP contribution in [0.3, 0.4) is 0 Å². The Labute approximate surface area is 92.4 Å². The molecule has 1 heterocycles. The first-order valence-corrected chi connectivity index (χ1v) is 5.27. The third kappa shape index (κ3) is 1.69. The highest BCUT2D eigenvalue weighted by molar-refractivity contribution is 9.11. The van der Waals surface area contributed by atoms with Crippen LogP contribution >= 0.6 is 31.9 Å². The summed E-state index contributed by atoms with van der Waals surface area (Å²) in [4.78, 5) is 4.12. The molecule has 0 spiro atoms. The van der Waals surface area contributed by atoms with E-state index in [9.17, 15) is 0 Å². The van der Waals surface area contributed by atoms with Crippen molar-refractivity contribution in [2.45, 2.75) is 0 Å². The van der Waals surface area contributed by atoms with Gasteiger partial charge in [-0.25, -0.2) is 4.98 Å². The predicted molar refractivity (Wildman–Crippen MR) is 61.6 cm³/mol. The van der Waals surface area contributed by atoms with Crippen LogP contribution in [-0.2, 0) is 0 Å². The summed E-state index contributed by atoms with van der Waals surface area (Å²) >= 11 is 6.78. The molecule has 0 saturated carbocycles. The average Bonchev–Trinajstić information content (AvgIpc) is 2.06. The Hall–Kier alpha value is -0.610. The number of nitrogens with two attached hydrogens (primary N) is 1. The summed E-state index contributed by atoms with van der Waals surface area (Å²) in [5.74, 6) is 0.529. The van der Waals surface area contributed by atoms with Crippen LogP contribution in [0.15, 0.2) is 33.3 Å².